The number of aromatic amines is 1. The molecule has 1 aliphatic heterocycles. The van der Waals surface area contributed by atoms with Crippen molar-refractivity contribution in [1.82, 2.24) is 9.55 Å². The molecule has 0 bridgehead atoms. The van der Waals surface area contributed by atoms with Gasteiger partial charge in [-0.3, -0.25) is 14.3 Å². The normalized spacial score (nSPS) is 24.8. The molecule has 3 atom stereocenters. The predicted octanol–water partition coefficient (Wildman–Crippen LogP) is 5.18. The van der Waals surface area contributed by atoms with E-state index < -0.39 is 39.7 Å². The molecule has 0 aliphatic carbocycles. The van der Waals surface area contributed by atoms with Gasteiger partial charge >= 0.3 is 5.69 Å². The molecule has 2 rings (SSSR count). The lowest BCUT2D eigenvalue weighted by molar-refractivity contribution is -0.0990. The largest absolute Gasteiger partial charge is 0.413 e. The molecule has 1 fully saturated rings. The summed E-state index contributed by atoms with van der Waals surface area (Å²) in [6.45, 7) is 28.6. The Balaban J connectivity index is 2.53. The van der Waals surface area contributed by atoms with Crippen molar-refractivity contribution in [1.29, 1.82) is 0 Å². The van der Waals surface area contributed by atoms with Gasteiger partial charge in [-0.1, -0.05) is 48.1 Å². The van der Waals surface area contributed by atoms with Gasteiger partial charge in [-0.15, -0.1) is 0 Å². The molecular formula is C24H44N2O5Si2. The second-order valence-electron chi connectivity index (χ2n) is 12.4. The molecule has 1 aliphatic rings. The first-order valence-corrected chi connectivity index (χ1v) is 17.5. The maximum absolute atomic E-state index is 12.6. The number of nitrogens with zero attached hydrogens (tertiary/aromatic N) is 1. The quantitative estimate of drug-likeness (QED) is 0.415. The SMILES string of the molecule is C=C(C)[C@]1(CO[Si](C)(C)C(C)(C)C)O[C@@H](n2ccc(=O)[nH]c2=O)CC1O[Si](C)(C)C(C)(C)C. The van der Waals surface area contributed by atoms with Crippen LogP contribution in [0.1, 0.15) is 61.1 Å². The van der Waals surface area contributed by atoms with Crippen LogP contribution in [-0.4, -0.2) is 44.5 Å². The van der Waals surface area contributed by atoms with E-state index >= 15 is 0 Å². The number of hydrogen-bond donors (Lipinski definition) is 1. The lowest BCUT2D eigenvalue weighted by Gasteiger charge is -2.45. The third-order valence-corrected chi connectivity index (χ3v) is 16.8. The maximum Gasteiger partial charge on any atom is 0.330 e. The Hall–Kier alpha value is -1.27. The van der Waals surface area contributed by atoms with Crippen LogP contribution in [0.4, 0.5) is 0 Å². The van der Waals surface area contributed by atoms with Gasteiger partial charge in [-0.25, -0.2) is 4.79 Å². The Morgan fingerprint density at radius 2 is 1.70 bits per heavy atom. The number of nitrogens with one attached hydrogen (secondary N) is 1. The van der Waals surface area contributed by atoms with Gasteiger partial charge in [0.15, 0.2) is 16.6 Å². The predicted molar refractivity (Wildman–Crippen MR) is 139 cm³/mol. The highest BCUT2D eigenvalue weighted by Gasteiger charge is 2.55. The van der Waals surface area contributed by atoms with Crippen LogP contribution in [0.2, 0.25) is 36.3 Å². The number of rotatable bonds is 7. The molecule has 1 aromatic rings. The van der Waals surface area contributed by atoms with Gasteiger partial charge in [0.05, 0.1) is 12.7 Å². The lowest BCUT2D eigenvalue weighted by Crippen LogP contribution is -2.55. The average molecular weight is 497 g/mol. The van der Waals surface area contributed by atoms with Crippen LogP contribution in [0.5, 0.6) is 0 Å². The molecule has 33 heavy (non-hydrogen) atoms. The summed E-state index contributed by atoms with van der Waals surface area (Å²) in [6, 6.07) is 1.33. The number of H-pyrrole nitrogens is 1. The van der Waals surface area contributed by atoms with Gasteiger partial charge in [-0.05, 0) is 48.8 Å². The van der Waals surface area contributed by atoms with Gasteiger partial charge in [0.2, 0.25) is 0 Å². The Kier molecular flexibility index (Phi) is 7.69. The molecule has 7 nitrogen and oxygen atoms in total. The number of hydrogen-bond acceptors (Lipinski definition) is 5. The highest BCUT2D eigenvalue weighted by Crippen LogP contribution is 2.48. The first kappa shape index (κ1) is 28.0. The monoisotopic (exact) mass is 496 g/mol. The smallest absolute Gasteiger partial charge is 0.330 e. The standard InChI is InChI=1S/C24H44N2O5Si2/c1-17(2)24(16-29-32(9,10)22(3,4)5)18(31-33(11,12)23(6,7)8)15-20(30-24)26-14-13-19(27)25-21(26)28/h13-14,18,20H,1,15-16H2,2-12H3,(H,25,27,28)/t18?,20-,24+/m1/s1. The van der Waals surface area contributed by atoms with Crippen molar-refractivity contribution < 1.29 is 13.6 Å². The second kappa shape index (κ2) is 9.07. The Morgan fingerprint density at radius 1 is 1.15 bits per heavy atom. The van der Waals surface area contributed by atoms with E-state index in [0.717, 1.165) is 5.57 Å². The molecule has 1 unspecified atom stereocenters. The molecule has 0 amide bonds. The van der Waals surface area contributed by atoms with Crippen LogP contribution >= 0.6 is 0 Å². The van der Waals surface area contributed by atoms with Crippen molar-refractivity contribution in [3.05, 3.63) is 45.3 Å². The first-order valence-electron chi connectivity index (χ1n) is 11.7. The van der Waals surface area contributed by atoms with E-state index in [4.69, 9.17) is 13.6 Å². The summed E-state index contributed by atoms with van der Waals surface area (Å²) < 4.78 is 21.6. The minimum Gasteiger partial charge on any atom is -0.413 e. The average Bonchev–Trinajstić information content (AvgIpc) is 2.97. The van der Waals surface area contributed by atoms with Crippen LogP contribution in [-0.2, 0) is 13.6 Å². The van der Waals surface area contributed by atoms with Crippen LogP contribution in [0.3, 0.4) is 0 Å². The molecule has 2 heterocycles. The zero-order valence-electron chi connectivity index (χ0n) is 22.4. The zero-order chi connectivity index (χ0) is 25.6. The number of aromatic nitrogens is 2. The summed E-state index contributed by atoms with van der Waals surface area (Å²) in [5.41, 5.74) is -1.02. The summed E-state index contributed by atoms with van der Waals surface area (Å²) in [6.07, 6.45) is 1.03. The highest BCUT2D eigenvalue weighted by molar-refractivity contribution is 6.74. The van der Waals surface area contributed by atoms with E-state index in [2.05, 4.69) is 79.3 Å². The Bertz CT molecular complexity index is 984. The highest BCUT2D eigenvalue weighted by atomic mass is 28.4. The zero-order valence-corrected chi connectivity index (χ0v) is 24.4. The van der Waals surface area contributed by atoms with Gasteiger partial charge < -0.3 is 13.6 Å². The molecule has 0 radical (unpaired) electrons. The Morgan fingerprint density at radius 3 is 2.15 bits per heavy atom. The third kappa shape index (κ3) is 5.70. The number of ether oxygens (including phenoxy) is 1. The topological polar surface area (TPSA) is 82.5 Å². The minimum atomic E-state index is -2.18. The molecule has 1 N–H and O–H groups in total. The fourth-order valence-corrected chi connectivity index (χ4v) is 5.73. The molecule has 1 aromatic heterocycles. The summed E-state index contributed by atoms with van der Waals surface area (Å²) in [7, 11) is -4.27. The van der Waals surface area contributed by atoms with Crippen molar-refractivity contribution in [2.24, 2.45) is 0 Å². The molecular weight excluding hydrogens is 452 g/mol. The van der Waals surface area contributed by atoms with Crippen molar-refractivity contribution in [2.75, 3.05) is 6.61 Å². The first-order chi connectivity index (χ1) is 14.7. The fourth-order valence-electron chi connectivity index (χ4n) is 3.37. The van der Waals surface area contributed by atoms with Gasteiger partial charge in [0.25, 0.3) is 5.56 Å². The van der Waals surface area contributed by atoms with E-state index in [1.807, 2.05) is 6.92 Å². The van der Waals surface area contributed by atoms with Crippen molar-refractivity contribution in [3.8, 4) is 0 Å². The van der Waals surface area contributed by atoms with E-state index in [9.17, 15) is 9.59 Å². The van der Waals surface area contributed by atoms with Gasteiger partial charge in [-0.2, -0.15) is 0 Å². The van der Waals surface area contributed by atoms with Crippen molar-refractivity contribution in [2.45, 2.75) is 109 Å². The van der Waals surface area contributed by atoms with Gasteiger partial charge in [0, 0.05) is 18.7 Å². The molecule has 9 heteroatoms. The van der Waals surface area contributed by atoms with E-state index in [0.29, 0.717) is 13.0 Å². The van der Waals surface area contributed by atoms with E-state index in [1.54, 1.807) is 0 Å². The summed E-state index contributed by atoms with van der Waals surface area (Å²) in [5, 5.41) is 0.0356. The summed E-state index contributed by atoms with van der Waals surface area (Å²) >= 11 is 0. The Labute approximate surface area is 200 Å². The third-order valence-electron chi connectivity index (χ3n) is 7.86. The van der Waals surface area contributed by atoms with Crippen molar-refractivity contribution >= 4 is 16.6 Å². The molecule has 0 saturated carbocycles. The summed E-state index contributed by atoms with van der Waals surface area (Å²) in [5.74, 6) is 0. The molecule has 1 saturated heterocycles. The minimum absolute atomic E-state index is 0.00100. The second-order valence-corrected chi connectivity index (χ2v) is 22.0. The lowest BCUT2D eigenvalue weighted by atomic mass is 9.91. The van der Waals surface area contributed by atoms with Crippen LogP contribution in [0.25, 0.3) is 0 Å². The molecule has 188 valence electrons. The van der Waals surface area contributed by atoms with Gasteiger partial charge in [0.1, 0.15) is 11.8 Å². The molecule has 0 spiro atoms. The van der Waals surface area contributed by atoms with Crippen molar-refractivity contribution in [3.63, 3.8) is 0 Å². The van der Waals surface area contributed by atoms with Crippen LogP contribution in [0.15, 0.2) is 34.0 Å². The summed E-state index contributed by atoms with van der Waals surface area (Å²) in [4.78, 5) is 26.5. The maximum atomic E-state index is 12.6. The molecule has 0 aromatic carbocycles. The van der Waals surface area contributed by atoms with E-state index in [-0.39, 0.29) is 16.2 Å². The van der Waals surface area contributed by atoms with Crippen LogP contribution < -0.4 is 11.2 Å². The fraction of sp³-hybridized carbons (Fsp3) is 0.750. The van der Waals surface area contributed by atoms with E-state index in [1.165, 1.54) is 16.8 Å². The van der Waals surface area contributed by atoms with Crippen LogP contribution in [0, 0.1) is 0 Å².